The topological polar surface area (TPSA) is 68.2 Å². The Morgan fingerprint density at radius 2 is 2.06 bits per heavy atom. The molecule has 0 saturated carbocycles. The fourth-order valence-electron chi connectivity index (χ4n) is 1.97. The molecule has 1 aliphatic rings. The van der Waals surface area contributed by atoms with Crippen LogP contribution in [0.4, 0.5) is 0 Å². The summed E-state index contributed by atoms with van der Waals surface area (Å²) in [5.74, 6) is -0.353. The van der Waals surface area contributed by atoms with Gasteiger partial charge in [-0.25, -0.2) is 8.42 Å². The minimum atomic E-state index is -2.97. The molecule has 0 aromatic carbocycles. The van der Waals surface area contributed by atoms with Crippen molar-refractivity contribution in [2.75, 3.05) is 18.1 Å². The maximum atomic E-state index is 11.7. The second-order valence-electron chi connectivity index (χ2n) is 4.31. The van der Waals surface area contributed by atoms with E-state index in [9.17, 15) is 13.2 Å². The summed E-state index contributed by atoms with van der Waals surface area (Å²) in [6, 6.07) is 3.84. The zero-order valence-electron chi connectivity index (χ0n) is 9.50. The summed E-state index contributed by atoms with van der Waals surface area (Å²) < 4.78 is 24.4. The van der Waals surface area contributed by atoms with E-state index in [0.717, 1.165) is 0 Å². The van der Waals surface area contributed by atoms with Crippen molar-refractivity contribution in [3.8, 4) is 0 Å². The molecule has 6 heteroatoms. The molecule has 17 heavy (non-hydrogen) atoms. The third-order valence-corrected chi connectivity index (χ3v) is 4.71. The Bertz CT molecular complexity index is 479. The highest BCUT2D eigenvalue weighted by Crippen LogP contribution is 2.18. The predicted molar refractivity (Wildman–Crippen MR) is 64.2 cm³/mol. The van der Waals surface area contributed by atoms with Gasteiger partial charge >= 0.3 is 0 Å². The zero-order chi connectivity index (χ0) is 12.3. The molecule has 0 spiro atoms. The van der Waals surface area contributed by atoms with Crippen LogP contribution in [0.25, 0.3) is 0 Å². The third-order valence-electron chi connectivity index (χ3n) is 2.94. The van der Waals surface area contributed by atoms with Crippen molar-refractivity contribution in [2.24, 2.45) is 5.92 Å². The molecule has 1 atom stereocenters. The lowest BCUT2D eigenvalue weighted by atomic mass is 10.1. The van der Waals surface area contributed by atoms with Crippen molar-refractivity contribution in [1.82, 2.24) is 9.88 Å². The standard InChI is InChI=1S/C11H16N2O3S/c14-11(10-3-8-17(15,16)9-10)12-4-7-13-5-1-2-6-13/h1-2,5-6,10H,3-4,7-9H2,(H,12,14)/t10-/m0/s1. The van der Waals surface area contributed by atoms with Gasteiger partial charge in [-0.2, -0.15) is 0 Å². The molecule has 5 nitrogen and oxygen atoms in total. The molecular formula is C11H16N2O3S. The van der Waals surface area contributed by atoms with Crippen molar-refractivity contribution < 1.29 is 13.2 Å². The Morgan fingerprint density at radius 3 is 2.65 bits per heavy atom. The lowest BCUT2D eigenvalue weighted by Gasteiger charge is -2.09. The zero-order valence-corrected chi connectivity index (χ0v) is 10.3. The maximum Gasteiger partial charge on any atom is 0.224 e. The number of rotatable bonds is 4. The molecule has 1 aromatic heterocycles. The SMILES string of the molecule is O=C(NCCn1cccc1)[C@H]1CCS(=O)(=O)C1. The van der Waals surface area contributed by atoms with Crippen molar-refractivity contribution in [3.63, 3.8) is 0 Å². The Labute approximate surface area is 101 Å². The van der Waals surface area contributed by atoms with Gasteiger partial charge in [-0.15, -0.1) is 0 Å². The molecule has 1 fully saturated rings. The first-order chi connectivity index (χ1) is 8.07. The average molecular weight is 256 g/mol. The van der Waals surface area contributed by atoms with Gasteiger partial charge in [0.25, 0.3) is 0 Å². The van der Waals surface area contributed by atoms with Gasteiger partial charge in [0, 0.05) is 25.5 Å². The molecule has 0 unspecified atom stereocenters. The van der Waals surface area contributed by atoms with Gasteiger partial charge in [0.2, 0.25) is 5.91 Å². The fraction of sp³-hybridized carbons (Fsp3) is 0.545. The van der Waals surface area contributed by atoms with Crippen LogP contribution >= 0.6 is 0 Å². The number of hydrogen-bond donors (Lipinski definition) is 1. The number of hydrogen-bond acceptors (Lipinski definition) is 3. The van der Waals surface area contributed by atoms with Crippen LogP contribution in [0.3, 0.4) is 0 Å². The lowest BCUT2D eigenvalue weighted by molar-refractivity contribution is -0.124. The van der Waals surface area contributed by atoms with E-state index in [2.05, 4.69) is 5.32 Å². The molecule has 1 aliphatic heterocycles. The van der Waals surface area contributed by atoms with E-state index in [1.165, 1.54) is 0 Å². The average Bonchev–Trinajstić information content (AvgIpc) is 2.87. The molecule has 1 aromatic rings. The highest BCUT2D eigenvalue weighted by atomic mass is 32.2. The van der Waals surface area contributed by atoms with Crippen LogP contribution in [-0.4, -0.2) is 36.9 Å². The summed E-state index contributed by atoms with van der Waals surface area (Å²) in [6.45, 7) is 1.24. The number of nitrogens with one attached hydrogen (secondary N) is 1. The number of carbonyl (C=O) groups is 1. The second-order valence-corrected chi connectivity index (χ2v) is 6.54. The van der Waals surface area contributed by atoms with E-state index in [4.69, 9.17) is 0 Å². The molecule has 2 rings (SSSR count). The second kappa shape index (κ2) is 4.91. The Morgan fingerprint density at radius 1 is 1.35 bits per heavy atom. The quantitative estimate of drug-likeness (QED) is 0.827. The van der Waals surface area contributed by atoms with Crippen LogP contribution in [0.5, 0.6) is 0 Å². The summed E-state index contributed by atoms with van der Waals surface area (Å²) in [7, 11) is -2.97. The van der Waals surface area contributed by atoms with Crippen molar-refractivity contribution in [2.45, 2.75) is 13.0 Å². The molecule has 1 saturated heterocycles. The van der Waals surface area contributed by atoms with Gasteiger partial charge in [-0.05, 0) is 18.6 Å². The minimum Gasteiger partial charge on any atom is -0.354 e. The number of carbonyl (C=O) groups excluding carboxylic acids is 1. The van der Waals surface area contributed by atoms with Crippen molar-refractivity contribution >= 4 is 15.7 Å². The lowest BCUT2D eigenvalue weighted by Crippen LogP contribution is -2.33. The molecule has 0 aliphatic carbocycles. The molecular weight excluding hydrogens is 240 g/mol. The van der Waals surface area contributed by atoms with E-state index in [-0.39, 0.29) is 23.3 Å². The van der Waals surface area contributed by atoms with Gasteiger partial charge in [0.05, 0.1) is 17.4 Å². The van der Waals surface area contributed by atoms with E-state index in [0.29, 0.717) is 19.5 Å². The smallest absolute Gasteiger partial charge is 0.224 e. The monoisotopic (exact) mass is 256 g/mol. The minimum absolute atomic E-state index is 0.00233. The van der Waals surface area contributed by atoms with Crippen LogP contribution in [-0.2, 0) is 21.2 Å². The maximum absolute atomic E-state index is 11.7. The van der Waals surface area contributed by atoms with Crippen LogP contribution in [0, 0.1) is 5.92 Å². The van der Waals surface area contributed by atoms with Gasteiger partial charge < -0.3 is 9.88 Å². The molecule has 2 heterocycles. The van der Waals surface area contributed by atoms with Crippen molar-refractivity contribution in [3.05, 3.63) is 24.5 Å². The molecule has 0 bridgehead atoms. The van der Waals surface area contributed by atoms with Gasteiger partial charge in [0.15, 0.2) is 9.84 Å². The van der Waals surface area contributed by atoms with Crippen LogP contribution in [0.15, 0.2) is 24.5 Å². The Balaban J connectivity index is 1.75. The van der Waals surface area contributed by atoms with E-state index in [1.807, 2.05) is 29.1 Å². The van der Waals surface area contributed by atoms with Crippen LogP contribution < -0.4 is 5.32 Å². The molecule has 0 radical (unpaired) electrons. The van der Waals surface area contributed by atoms with E-state index < -0.39 is 9.84 Å². The summed E-state index contributed by atoms with van der Waals surface area (Å²) >= 11 is 0. The highest BCUT2D eigenvalue weighted by molar-refractivity contribution is 7.91. The van der Waals surface area contributed by atoms with Crippen LogP contribution in [0.2, 0.25) is 0 Å². The number of amides is 1. The molecule has 94 valence electrons. The highest BCUT2D eigenvalue weighted by Gasteiger charge is 2.32. The summed E-state index contributed by atoms with van der Waals surface area (Å²) in [4.78, 5) is 11.7. The van der Waals surface area contributed by atoms with Crippen molar-refractivity contribution in [1.29, 1.82) is 0 Å². The largest absolute Gasteiger partial charge is 0.354 e. The predicted octanol–water partition coefficient (Wildman–Crippen LogP) is 0.0390. The van der Waals surface area contributed by atoms with Gasteiger partial charge in [-0.3, -0.25) is 4.79 Å². The fourth-order valence-corrected chi connectivity index (χ4v) is 3.71. The number of aromatic nitrogens is 1. The van der Waals surface area contributed by atoms with Gasteiger partial charge in [0.1, 0.15) is 0 Å². The first-order valence-electron chi connectivity index (χ1n) is 5.66. The van der Waals surface area contributed by atoms with E-state index >= 15 is 0 Å². The third kappa shape index (κ3) is 3.33. The number of sulfone groups is 1. The van der Waals surface area contributed by atoms with E-state index in [1.54, 1.807) is 0 Å². The van der Waals surface area contributed by atoms with Gasteiger partial charge in [-0.1, -0.05) is 0 Å². The summed E-state index contributed by atoms with van der Waals surface area (Å²) in [6.07, 6.45) is 4.30. The normalized spacial score (nSPS) is 22.5. The van der Waals surface area contributed by atoms with Crippen LogP contribution in [0.1, 0.15) is 6.42 Å². The molecule has 1 N–H and O–H groups in total. The Kier molecular flexibility index (Phi) is 3.51. The summed E-state index contributed by atoms with van der Waals surface area (Å²) in [5.41, 5.74) is 0. The molecule has 1 amide bonds. The number of nitrogens with zero attached hydrogens (tertiary/aromatic N) is 1. The summed E-state index contributed by atoms with van der Waals surface area (Å²) in [5, 5.41) is 2.78. The first-order valence-corrected chi connectivity index (χ1v) is 7.48. The first kappa shape index (κ1) is 12.2. The Hall–Kier alpha value is -1.30.